The van der Waals surface area contributed by atoms with Gasteiger partial charge in [-0.25, -0.2) is 0 Å². The summed E-state index contributed by atoms with van der Waals surface area (Å²) >= 11 is 0. The molecule has 0 saturated heterocycles. The zero-order valence-corrected chi connectivity index (χ0v) is 7.12. The SMILES string of the molecule is C#CCNCCc1nncn1C. The Morgan fingerprint density at radius 3 is 3.17 bits per heavy atom. The Hall–Kier alpha value is -1.34. The summed E-state index contributed by atoms with van der Waals surface area (Å²) in [5.41, 5.74) is 0. The second kappa shape index (κ2) is 4.52. The van der Waals surface area contributed by atoms with E-state index in [-0.39, 0.29) is 0 Å². The van der Waals surface area contributed by atoms with Gasteiger partial charge in [-0.15, -0.1) is 16.6 Å². The molecule has 1 N–H and O–H groups in total. The third-order valence-corrected chi connectivity index (χ3v) is 1.56. The van der Waals surface area contributed by atoms with Crippen molar-refractivity contribution in [1.29, 1.82) is 0 Å². The van der Waals surface area contributed by atoms with E-state index in [2.05, 4.69) is 21.4 Å². The molecule has 0 unspecified atom stereocenters. The van der Waals surface area contributed by atoms with Gasteiger partial charge in [0.25, 0.3) is 0 Å². The van der Waals surface area contributed by atoms with Gasteiger partial charge in [-0.1, -0.05) is 5.92 Å². The monoisotopic (exact) mass is 164 g/mol. The normalized spacial score (nSPS) is 9.67. The third-order valence-electron chi connectivity index (χ3n) is 1.56. The Morgan fingerprint density at radius 1 is 1.75 bits per heavy atom. The van der Waals surface area contributed by atoms with Crippen LogP contribution in [0.3, 0.4) is 0 Å². The first kappa shape index (κ1) is 8.75. The van der Waals surface area contributed by atoms with Crippen LogP contribution in [-0.4, -0.2) is 27.9 Å². The van der Waals surface area contributed by atoms with Crippen molar-refractivity contribution in [2.45, 2.75) is 6.42 Å². The molecule has 0 saturated carbocycles. The molecule has 1 aromatic heterocycles. The van der Waals surface area contributed by atoms with Crippen molar-refractivity contribution in [2.24, 2.45) is 7.05 Å². The lowest BCUT2D eigenvalue weighted by Crippen LogP contribution is -2.18. The smallest absolute Gasteiger partial charge is 0.133 e. The molecule has 0 amide bonds. The highest BCUT2D eigenvalue weighted by Crippen LogP contribution is 1.90. The van der Waals surface area contributed by atoms with E-state index < -0.39 is 0 Å². The van der Waals surface area contributed by atoms with Crippen molar-refractivity contribution in [1.82, 2.24) is 20.1 Å². The van der Waals surface area contributed by atoms with Crippen LogP contribution in [-0.2, 0) is 13.5 Å². The van der Waals surface area contributed by atoms with Crippen LogP contribution in [0.2, 0.25) is 0 Å². The van der Waals surface area contributed by atoms with Crippen molar-refractivity contribution in [3.63, 3.8) is 0 Å². The van der Waals surface area contributed by atoms with Crippen LogP contribution in [0.15, 0.2) is 6.33 Å². The van der Waals surface area contributed by atoms with Gasteiger partial charge in [-0.2, -0.15) is 0 Å². The predicted molar refractivity (Wildman–Crippen MR) is 46.4 cm³/mol. The van der Waals surface area contributed by atoms with E-state index in [1.165, 1.54) is 0 Å². The van der Waals surface area contributed by atoms with Crippen molar-refractivity contribution in [2.75, 3.05) is 13.1 Å². The minimum atomic E-state index is 0.609. The zero-order chi connectivity index (χ0) is 8.81. The number of nitrogens with one attached hydrogen (secondary N) is 1. The largest absolute Gasteiger partial charge is 0.321 e. The second-order valence-electron chi connectivity index (χ2n) is 2.49. The maximum Gasteiger partial charge on any atom is 0.133 e. The first-order chi connectivity index (χ1) is 5.84. The summed E-state index contributed by atoms with van der Waals surface area (Å²) in [5, 5.41) is 10.8. The molecule has 0 aliphatic rings. The van der Waals surface area contributed by atoms with E-state index in [9.17, 15) is 0 Å². The summed E-state index contributed by atoms with van der Waals surface area (Å²) in [6.07, 6.45) is 7.62. The Kier molecular flexibility index (Phi) is 3.30. The van der Waals surface area contributed by atoms with Gasteiger partial charge in [0.2, 0.25) is 0 Å². The van der Waals surface area contributed by atoms with E-state index >= 15 is 0 Å². The molecule has 4 nitrogen and oxygen atoms in total. The topological polar surface area (TPSA) is 42.7 Å². The van der Waals surface area contributed by atoms with Crippen LogP contribution < -0.4 is 5.32 Å². The number of rotatable bonds is 4. The van der Waals surface area contributed by atoms with E-state index in [0.717, 1.165) is 18.8 Å². The highest BCUT2D eigenvalue weighted by Gasteiger charge is 1.97. The van der Waals surface area contributed by atoms with Crippen molar-refractivity contribution >= 4 is 0 Å². The lowest BCUT2D eigenvalue weighted by molar-refractivity contribution is 0.696. The van der Waals surface area contributed by atoms with Gasteiger partial charge in [0.15, 0.2) is 0 Å². The molecule has 0 spiro atoms. The Bertz CT molecular complexity index is 271. The fourth-order valence-electron chi connectivity index (χ4n) is 0.894. The molecule has 1 aromatic rings. The van der Waals surface area contributed by atoms with Gasteiger partial charge in [0.05, 0.1) is 6.54 Å². The van der Waals surface area contributed by atoms with E-state index in [1.54, 1.807) is 6.33 Å². The molecule has 1 rings (SSSR count). The number of hydrogen-bond donors (Lipinski definition) is 1. The van der Waals surface area contributed by atoms with Crippen LogP contribution in [0.1, 0.15) is 5.82 Å². The van der Waals surface area contributed by atoms with Gasteiger partial charge in [0.1, 0.15) is 12.2 Å². The lowest BCUT2D eigenvalue weighted by Gasteiger charge is -1.99. The summed E-state index contributed by atoms with van der Waals surface area (Å²) in [4.78, 5) is 0. The summed E-state index contributed by atoms with van der Waals surface area (Å²) in [7, 11) is 1.93. The van der Waals surface area contributed by atoms with Crippen molar-refractivity contribution < 1.29 is 0 Å². The zero-order valence-electron chi connectivity index (χ0n) is 7.12. The molecule has 1 heterocycles. The minimum absolute atomic E-state index is 0.609. The molecule has 0 aliphatic heterocycles. The molecule has 12 heavy (non-hydrogen) atoms. The Morgan fingerprint density at radius 2 is 2.58 bits per heavy atom. The standard InChI is InChI=1S/C8H12N4/c1-3-5-9-6-4-8-11-10-7-12(8)2/h1,7,9H,4-6H2,2H3. The fourth-order valence-corrected chi connectivity index (χ4v) is 0.894. The highest BCUT2D eigenvalue weighted by molar-refractivity contribution is 4.89. The van der Waals surface area contributed by atoms with Crippen LogP contribution in [0, 0.1) is 12.3 Å². The second-order valence-corrected chi connectivity index (χ2v) is 2.49. The van der Waals surface area contributed by atoms with Crippen molar-refractivity contribution in [3.05, 3.63) is 12.2 Å². The molecule has 0 bridgehead atoms. The molecule has 4 heteroatoms. The van der Waals surface area contributed by atoms with Crippen LogP contribution in [0.4, 0.5) is 0 Å². The molecular formula is C8H12N4. The quantitative estimate of drug-likeness (QED) is 0.485. The third kappa shape index (κ3) is 2.36. The summed E-state index contributed by atoms with van der Waals surface area (Å²) in [6.45, 7) is 1.45. The van der Waals surface area contributed by atoms with Crippen LogP contribution in [0.25, 0.3) is 0 Å². The van der Waals surface area contributed by atoms with Gasteiger partial charge >= 0.3 is 0 Å². The average molecular weight is 164 g/mol. The highest BCUT2D eigenvalue weighted by atomic mass is 15.2. The van der Waals surface area contributed by atoms with Crippen LogP contribution in [0.5, 0.6) is 0 Å². The molecule has 0 radical (unpaired) electrons. The predicted octanol–water partition coefficient (Wildman–Crippen LogP) is -0.420. The summed E-state index contributed by atoms with van der Waals surface area (Å²) in [6, 6.07) is 0. The van der Waals surface area contributed by atoms with Gasteiger partial charge in [-0.05, 0) is 0 Å². The Labute approximate surface area is 72.0 Å². The fraction of sp³-hybridized carbons (Fsp3) is 0.500. The molecule has 0 fully saturated rings. The lowest BCUT2D eigenvalue weighted by atomic mass is 10.4. The van der Waals surface area contributed by atoms with E-state index in [4.69, 9.17) is 6.42 Å². The number of hydrogen-bond acceptors (Lipinski definition) is 3. The summed E-state index contributed by atoms with van der Waals surface area (Å²) in [5.74, 6) is 3.48. The van der Waals surface area contributed by atoms with E-state index in [1.807, 2.05) is 11.6 Å². The van der Waals surface area contributed by atoms with Gasteiger partial charge in [0, 0.05) is 20.0 Å². The first-order valence-corrected chi connectivity index (χ1v) is 3.81. The number of terminal acetylenes is 1. The molecule has 64 valence electrons. The molecule has 0 aromatic carbocycles. The summed E-state index contributed by atoms with van der Waals surface area (Å²) < 4.78 is 1.90. The van der Waals surface area contributed by atoms with E-state index in [0.29, 0.717) is 6.54 Å². The first-order valence-electron chi connectivity index (χ1n) is 3.81. The average Bonchev–Trinajstić information content (AvgIpc) is 2.46. The minimum Gasteiger partial charge on any atom is -0.321 e. The van der Waals surface area contributed by atoms with Crippen molar-refractivity contribution in [3.8, 4) is 12.3 Å². The van der Waals surface area contributed by atoms with Gasteiger partial charge < -0.3 is 9.88 Å². The number of aromatic nitrogens is 3. The number of aryl methyl sites for hydroxylation is 1. The maximum atomic E-state index is 5.07. The van der Waals surface area contributed by atoms with Crippen LogP contribution >= 0.6 is 0 Å². The maximum absolute atomic E-state index is 5.07. The molecule has 0 aliphatic carbocycles. The van der Waals surface area contributed by atoms with Gasteiger partial charge in [-0.3, -0.25) is 0 Å². The molecular weight excluding hydrogens is 152 g/mol. The molecule has 0 atom stereocenters. The number of nitrogens with zero attached hydrogens (tertiary/aromatic N) is 3. The Balaban J connectivity index is 2.25.